The van der Waals surface area contributed by atoms with Crippen LogP contribution in [0.15, 0.2) is 0 Å². The molecule has 12 heavy (non-hydrogen) atoms. The van der Waals surface area contributed by atoms with E-state index in [1.807, 2.05) is 0 Å². The molecule has 0 aromatic rings. The van der Waals surface area contributed by atoms with Crippen molar-refractivity contribution in [3.63, 3.8) is 0 Å². The average molecular weight is 168 g/mol. The summed E-state index contributed by atoms with van der Waals surface area (Å²) in [5, 5.41) is 6.98. The molecule has 0 amide bonds. The molecule has 2 aliphatic heterocycles. The molecule has 2 aliphatic rings. The fraction of sp³-hybridized carbons (Fsp3) is 1.00. The van der Waals surface area contributed by atoms with Gasteiger partial charge in [-0.15, -0.1) is 0 Å². The Hall–Kier alpha value is -0.0800. The summed E-state index contributed by atoms with van der Waals surface area (Å²) in [6, 6.07) is 0.754. The highest BCUT2D eigenvalue weighted by Crippen LogP contribution is 2.28. The number of rotatable bonds is 1. The first-order valence-electron chi connectivity index (χ1n) is 5.30. The molecule has 0 spiro atoms. The summed E-state index contributed by atoms with van der Waals surface area (Å²) in [5.74, 6) is 1.98. The predicted octanol–water partition coefficient (Wildman–Crippen LogP) is 0.984. The molecule has 70 valence electrons. The maximum absolute atomic E-state index is 3.51. The van der Waals surface area contributed by atoms with Crippen LogP contribution in [0.4, 0.5) is 0 Å². The molecule has 0 bridgehead atoms. The summed E-state index contributed by atoms with van der Waals surface area (Å²) in [6.45, 7) is 6.08. The van der Waals surface area contributed by atoms with E-state index in [0.717, 1.165) is 17.9 Å². The Bertz CT molecular complexity index is 141. The van der Waals surface area contributed by atoms with Crippen LogP contribution < -0.4 is 10.6 Å². The lowest BCUT2D eigenvalue weighted by atomic mass is 9.82. The standard InChI is InChI=1S/C10H20N2/c1-8-6-9(3-5-12-8)10-2-4-11-7-10/h8-12H,2-7H2,1H3. The van der Waals surface area contributed by atoms with Gasteiger partial charge in [-0.1, -0.05) is 0 Å². The first-order chi connectivity index (χ1) is 5.86. The summed E-state index contributed by atoms with van der Waals surface area (Å²) in [6.07, 6.45) is 4.21. The molecule has 2 saturated heterocycles. The molecule has 2 nitrogen and oxygen atoms in total. The van der Waals surface area contributed by atoms with Crippen molar-refractivity contribution in [1.29, 1.82) is 0 Å². The Morgan fingerprint density at radius 2 is 1.92 bits per heavy atom. The molecule has 2 heteroatoms. The van der Waals surface area contributed by atoms with Crippen LogP contribution in [0, 0.1) is 11.8 Å². The predicted molar refractivity (Wildman–Crippen MR) is 51.2 cm³/mol. The topological polar surface area (TPSA) is 24.1 Å². The Balaban J connectivity index is 1.85. The minimum absolute atomic E-state index is 0.754. The van der Waals surface area contributed by atoms with Crippen LogP contribution in [0.25, 0.3) is 0 Å². The maximum Gasteiger partial charge on any atom is 0.00414 e. The van der Waals surface area contributed by atoms with E-state index in [0.29, 0.717) is 0 Å². The van der Waals surface area contributed by atoms with Gasteiger partial charge in [-0.25, -0.2) is 0 Å². The van der Waals surface area contributed by atoms with Crippen molar-refractivity contribution in [2.45, 2.75) is 32.2 Å². The van der Waals surface area contributed by atoms with Crippen LogP contribution in [-0.4, -0.2) is 25.7 Å². The molecule has 0 radical (unpaired) electrons. The fourth-order valence-electron chi connectivity index (χ4n) is 2.68. The van der Waals surface area contributed by atoms with Crippen molar-refractivity contribution in [2.75, 3.05) is 19.6 Å². The highest BCUT2D eigenvalue weighted by molar-refractivity contribution is 4.84. The normalized spacial score (nSPS) is 43.2. The average Bonchev–Trinajstić information content (AvgIpc) is 2.56. The molecule has 2 rings (SSSR count). The number of piperidine rings is 1. The Labute approximate surface area is 75.1 Å². The molecule has 0 aliphatic carbocycles. The molecular formula is C10H20N2. The van der Waals surface area contributed by atoms with E-state index in [1.165, 1.54) is 38.9 Å². The summed E-state index contributed by atoms with van der Waals surface area (Å²) in [5.41, 5.74) is 0. The zero-order valence-electron chi connectivity index (χ0n) is 7.97. The summed E-state index contributed by atoms with van der Waals surface area (Å²) in [4.78, 5) is 0. The summed E-state index contributed by atoms with van der Waals surface area (Å²) >= 11 is 0. The van der Waals surface area contributed by atoms with E-state index >= 15 is 0 Å². The first kappa shape index (κ1) is 8.52. The van der Waals surface area contributed by atoms with E-state index in [2.05, 4.69) is 17.6 Å². The second-order valence-electron chi connectivity index (χ2n) is 4.39. The van der Waals surface area contributed by atoms with Crippen LogP contribution >= 0.6 is 0 Å². The fourth-order valence-corrected chi connectivity index (χ4v) is 2.68. The Morgan fingerprint density at radius 1 is 1.08 bits per heavy atom. The van der Waals surface area contributed by atoms with Crippen molar-refractivity contribution in [1.82, 2.24) is 10.6 Å². The highest BCUT2D eigenvalue weighted by Gasteiger charge is 2.28. The van der Waals surface area contributed by atoms with Crippen molar-refractivity contribution >= 4 is 0 Å². The summed E-state index contributed by atoms with van der Waals surface area (Å²) in [7, 11) is 0. The van der Waals surface area contributed by atoms with Crippen molar-refractivity contribution in [2.24, 2.45) is 11.8 Å². The lowest BCUT2D eigenvalue weighted by Crippen LogP contribution is -2.38. The number of nitrogens with one attached hydrogen (secondary N) is 2. The Morgan fingerprint density at radius 3 is 2.58 bits per heavy atom. The molecule has 2 N–H and O–H groups in total. The van der Waals surface area contributed by atoms with Gasteiger partial charge in [-0.05, 0) is 57.7 Å². The highest BCUT2D eigenvalue weighted by atomic mass is 14.9. The van der Waals surface area contributed by atoms with Crippen LogP contribution in [0.1, 0.15) is 26.2 Å². The van der Waals surface area contributed by atoms with Gasteiger partial charge in [-0.3, -0.25) is 0 Å². The minimum atomic E-state index is 0.754. The van der Waals surface area contributed by atoms with Crippen LogP contribution in [0.3, 0.4) is 0 Å². The Kier molecular flexibility index (Phi) is 2.66. The third-order valence-corrected chi connectivity index (χ3v) is 3.43. The van der Waals surface area contributed by atoms with Gasteiger partial charge >= 0.3 is 0 Å². The SMILES string of the molecule is CC1CC(C2CCNC2)CCN1. The smallest absolute Gasteiger partial charge is 0.00414 e. The van der Waals surface area contributed by atoms with E-state index in [4.69, 9.17) is 0 Å². The van der Waals surface area contributed by atoms with E-state index in [9.17, 15) is 0 Å². The van der Waals surface area contributed by atoms with Crippen LogP contribution in [0.5, 0.6) is 0 Å². The van der Waals surface area contributed by atoms with Crippen LogP contribution in [0.2, 0.25) is 0 Å². The zero-order chi connectivity index (χ0) is 8.39. The quantitative estimate of drug-likeness (QED) is 0.610. The second kappa shape index (κ2) is 3.75. The molecule has 0 saturated carbocycles. The molecule has 3 unspecified atom stereocenters. The van der Waals surface area contributed by atoms with E-state index in [-0.39, 0.29) is 0 Å². The largest absolute Gasteiger partial charge is 0.316 e. The van der Waals surface area contributed by atoms with E-state index < -0.39 is 0 Å². The molecule has 2 heterocycles. The van der Waals surface area contributed by atoms with Crippen molar-refractivity contribution in [3.05, 3.63) is 0 Å². The maximum atomic E-state index is 3.51. The third kappa shape index (κ3) is 1.80. The summed E-state index contributed by atoms with van der Waals surface area (Å²) < 4.78 is 0. The van der Waals surface area contributed by atoms with Gasteiger partial charge in [0.2, 0.25) is 0 Å². The van der Waals surface area contributed by atoms with Gasteiger partial charge < -0.3 is 10.6 Å². The van der Waals surface area contributed by atoms with Gasteiger partial charge in [0.25, 0.3) is 0 Å². The first-order valence-corrected chi connectivity index (χ1v) is 5.30. The number of hydrogen-bond acceptors (Lipinski definition) is 2. The van der Waals surface area contributed by atoms with Crippen molar-refractivity contribution < 1.29 is 0 Å². The molecule has 0 aromatic heterocycles. The lowest BCUT2D eigenvalue weighted by Gasteiger charge is -2.31. The monoisotopic (exact) mass is 168 g/mol. The molecule has 0 aromatic carbocycles. The molecule has 3 atom stereocenters. The van der Waals surface area contributed by atoms with Crippen LogP contribution in [-0.2, 0) is 0 Å². The molecule has 2 fully saturated rings. The van der Waals surface area contributed by atoms with Gasteiger partial charge in [-0.2, -0.15) is 0 Å². The van der Waals surface area contributed by atoms with E-state index in [1.54, 1.807) is 0 Å². The zero-order valence-corrected chi connectivity index (χ0v) is 7.97. The third-order valence-electron chi connectivity index (χ3n) is 3.43. The lowest BCUT2D eigenvalue weighted by molar-refractivity contribution is 0.239. The van der Waals surface area contributed by atoms with Gasteiger partial charge in [0.05, 0.1) is 0 Å². The second-order valence-corrected chi connectivity index (χ2v) is 4.39. The van der Waals surface area contributed by atoms with Crippen molar-refractivity contribution in [3.8, 4) is 0 Å². The molecular weight excluding hydrogens is 148 g/mol. The van der Waals surface area contributed by atoms with Gasteiger partial charge in [0.15, 0.2) is 0 Å². The minimum Gasteiger partial charge on any atom is -0.316 e. The van der Waals surface area contributed by atoms with Gasteiger partial charge in [0, 0.05) is 6.04 Å². The van der Waals surface area contributed by atoms with Gasteiger partial charge in [0.1, 0.15) is 0 Å². The number of hydrogen-bond donors (Lipinski definition) is 2.